The fraction of sp³-hybridized carbons (Fsp3) is 0.917. The second-order valence-corrected chi connectivity index (χ2v) is 5.12. The normalized spacial score (nSPS) is 27.7. The van der Waals surface area contributed by atoms with Gasteiger partial charge in [-0.05, 0) is 39.2 Å². The van der Waals surface area contributed by atoms with Gasteiger partial charge in [-0.1, -0.05) is 6.92 Å². The average molecular weight is 213 g/mol. The molecule has 15 heavy (non-hydrogen) atoms. The van der Waals surface area contributed by atoms with Crippen LogP contribution < -0.4 is 5.32 Å². The molecule has 1 fully saturated rings. The Morgan fingerprint density at radius 1 is 1.53 bits per heavy atom. The van der Waals surface area contributed by atoms with Crippen LogP contribution >= 0.6 is 0 Å². The third kappa shape index (κ3) is 3.58. The number of methoxy groups -OCH3 is 1. The molecule has 1 aliphatic heterocycles. The Kier molecular flexibility index (Phi) is 4.29. The monoisotopic (exact) mass is 213 g/mol. The van der Waals surface area contributed by atoms with Crippen molar-refractivity contribution >= 4 is 5.78 Å². The summed E-state index contributed by atoms with van der Waals surface area (Å²) in [5, 5.41) is 3.40. The molecule has 2 atom stereocenters. The molecule has 0 aromatic carbocycles. The minimum Gasteiger partial charge on any atom is -0.371 e. The van der Waals surface area contributed by atoms with Gasteiger partial charge in [-0.3, -0.25) is 4.79 Å². The van der Waals surface area contributed by atoms with Gasteiger partial charge in [0.2, 0.25) is 0 Å². The van der Waals surface area contributed by atoms with E-state index >= 15 is 0 Å². The zero-order chi connectivity index (χ0) is 11.5. The Morgan fingerprint density at radius 3 is 2.73 bits per heavy atom. The molecule has 1 aliphatic rings. The van der Waals surface area contributed by atoms with Gasteiger partial charge in [0.25, 0.3) is 0 Å². The predicted octanol–water partition coefficient (Wildman–Crippen LogP) is 1.76. The number of hydrogen-bond acceptors (Lipinski definition) is 3. The summed E-state index contributed by atoms with van der Waals surface area (Å²) in [6, 6.07) is 0.343. The van der Waals surface area contributed by atoms with Gasteiger partial charge >= 0.3 is 0 Å². The first-order valence-electron chi connectivity index (χ1n) is 5.77. The van der Waals surface area contributed by atoms with Gasteiger partial charge in [0.1, 0.15) is 5.60 Å². The molecule has 1 saturated heterocycles. The molecule has 0 aromatic heterocycles. The average Bonchev–Trinajstić information content (AvgIpc) is 2.17. The smallest absolute Gasteiger partial charge is 0.165 e. The predicted molar refractivity (Wildman–Crippen MR) is 60.9 cm³/mol. The second kappa shape index (κ2) is 5.08. The Hall–Kier alpha value is -0.410. The van der Waals surface area contributed by atoms with Crippen molar-refractivity contribution in [2.24, 2.45) is 5.92 Å². The molecule has 1 heterocycles. The van der Waals surface area contributed by atoms with Gasteiger partial charge in [0.05, 0.1) is 0 Å². The van der Waals surface area contributed by atoms with Crippen LogP contribution in [0.3, 0.4) is 0 Å². The van der Waals surface area contributed by atoms with E-state index < -0.39 is 5.60 Å². The van der Waals surface area contributed by atoms with Gasteiger partial charge in [-0.2, -0.15) is 0 Å². The SMILES string of the molecule is COC(C)(C)C(=O)CC1CC(C)CCN1. The van der Waals surface area contributed by atoms with Crippen molar-refractivity contribution in [2.45, 2.75) is 51.7 Å². The molecule has 0 spiro atoms. The molecule has 1 rings (SSSR count). The minimum atomic E-state index is -0.637. The van der Waals surface area contributed by atoms with Crippen molar-refractivity contribution in [1.82, 2.24) is 5.32 Å². The minimum absolute atomic E-state index is 0.191. The largest absolute Gasteiger partial charge is 0.371 e. The van der Waals surface area contributed by atoms with Crippen molar-refractivity contribution in [3.63, 3.8) is 0 Å². The van der Waals surface area contributed by atoms with E-state index in [-0.39, 0.29) is 5.78 Å². The number of rotatable bonds is 4. The van der Waals surface area contributed by atoms with Gasteiger partial charge < -0.3 is 10.1 Å². The summed E-state index contributed by atoms with van der Waals surface area (Å²) in [6.07, 6.45) is 2.91. The number of Topliss-reactive ketones (excluding diaryl/α,β-unsaturated/α-hetero) is 1. The van der Waals surface area contributed by atoms with Crippen LogP contribution in [-0.2, 0) is 9.53 Å². The fourth-order valence-electron chi connectivity index (χ4n) is 1.96. The molecular formula is C12H23NO2. The third-order valence-corrected chi connectivity index (χ3v) is 3.37. The van der Waals surface area contributed by atoms with E-state index in [9.17, 15) is 4.79 Å². The van der Waals surface area contributed by atoms with E-state index in [1.165, 1.54) is 6.42 Å². The molecule has 3 nitrogen and oxygen atoms in total. The summed E-state index contributed by atoms with van der Waals surface area (Å²) in [5.41, 5.74) is -0.637. The summed E-state index contributed by atoms with van der Waals surface area (Å²) < 4.78 is 5.19. The highest BCUT2D eigenvalue weighted by atomic mass is 16.5. The van der Waals surface area contributed by atoms with Gasteiger partial charge in [0.15, 0.2) is 5.78 Å². The first-order chi connectivity index (χ1) is 6.95. The number of carbonyl (C=O) groups excluding carboxylic acids is 1. The molecule has 0 aromatic rings. The zero-order valence-corrected chi connectivity index (χ0v) is 10.3. The summed E-state index contributed by atoms with van der Waals surface area (Å²) in [7, 11) is 1.59. The number of hydrogen-bond donors (Lipinski definition) is 1. The van der Waals surface area contributed by atoms with Crippen molar-refractivity contribution in [3.05, 3.63) is 0 Å². The van der Waals surface area contributed by atoms with Crippen LogP contribution in [0.2, 0.25) is 0 Å². The van der Waals surface area contributed by atoms with Gasteiger partial charge in [0, 0.05) is 19.6 Å². The maximum atomic E-state index is 11.9. The second-order valence-electron chi connectivity index (χ2n) is 5.12. The highest BCUT2D eigenvalue weighted by molar-refractivity contribution is 5.86. The van der Waals surface area contributed by atoms with Crippen LogP contribution in [0.4, 0.5) is 0 Å². The van der Waals surface area contributed by atoms with Crippen molar-refractivity contribution in [1.29, 1.82) is 0 Å². The highest BCUT2D eigenvalue weighted by Gasteiger charge is 2.30. The maximum Gasteiger partial charge on any atom is 0.165 e. The fourth-order valence-corrected chi connectivity index (χ4v) is 1.96. The van der Waals surface area contributed by atoms with Crippen LogP contribution in [0.15, 0.2) is 0 Å². The van der Waals surface area contributed by atoms with E-state index in [0.29, 0.717) is 12.5 Å². The molecule has 0 radical (unpaired) electrons. The molecule has 0 aliphatic carbocycles. The lowest BCUT2D eigenvalue weighted by Gasteiger charge is -2.30. The number of carbonyl (C=O) groups is 1. The van der Waals surface area contributed by atoms with Crippen molar-refractivity contribution in [2.75, 3.05) is 13.7 Å². The van der Waals surface area contributed by atoms with E-state index in [0.717, 1.165) is 18.9 Å². The summed E-state index contributed by atoms with van der Waals surface area (Å²) in [4.78, 5) is 11.9. The van der Waals surface area contributed by atoms with Gasteiger partial charge in [-0.15, -0.1) is 0 Å². The Labute approximate surface area is 92.6 Å². The molecular weight excluding hydrogens is 190 g/mol. The zero-order valence-electron chi connectivity index (χ0n) is 10.3. The molecule has 3 heteroatoms. The Bertz CT molecular complexity index is 226. The van der Waals surface area contributed by atoms with E-state index in [1.807, 2.05) is 13.8 Å². The lowest BCUT2D eigenvalue weighted by atomic mass is 9.88. The van der Waals surface area contributed by atoms with Crippen molar-refractivity contribution < 1.29 is 9.53 Å². The highest BCUT2D eigenvalue weighted by Crippen LogP contribution is 2.20. The van der Waals surface area contributed by atoms with Crippen LogP contribution in [0.1, 0.15) is 40.0 Å². The quantitative estimate of drug-likeness (QED) is 0.773. The number of ketones is 1. The van der Waals surface area contributed by atoms with E-state index in [2.05, 4.69) is 12.2 Å². The Balaban J connectivity index is 2.44. The first kappa shape index (κ1) is 12.7. The molecule has 1 N–H and O–H groups in total. The van der Waals surface area contributed by atoms with E-state index in [1.54, 1.807) is 7.11 Å². The Morgan fingerprint density at radius 2 is 2.20 bits per heavy atom. The lowest BCUT2D eigenvalue weighted by Crippen LogP contribution is -2.43. The molecule has 0 amide bonds. The van der Waals surface area contributed by atoms with Crippen LogP contribution in [-0.4, -0.2) is 31.1 Å². The van der Waals surface area contributed by atoms with Crippen LogP contribution in [0.5, 0.6) is 0 Å². The first-order valence-corrected chi connectivity index (χ1v) is 5.77. The molecule has 0 bridgehead atoms. The number of ether oxygens (including phenoxy) is 1. The molecule has 0 saturated carbocycles. The van der Waals surface area contributed by atoms with Crippen LogP contribution in [0.25, 0.3) is 0 Å². The maximum absolute atomic E-state index is 11.9. The van der Waals surface area contributed by atoms with E-state index in [4.69, 9.17) is 4.74 Å². The van der Waals surface area contributed by atoms with Crippen LogP contribution in [0, 0.1) is 5.92 Å². The molecule has 88 valence electrons. The number of nitrogens with one attached hydrogen (secondary N) is 1. The summed E-state index contributed by atoms with van der Waals surface area (Å²) in [5.74, 6) is 0.923. The topological polar surface area (TPSA) is 38.3 Å². The lowest BCUT2D eigenvalue weighted by molar-refractivity contribution is -0.137. The van der Waals surface area contributed by atoms with Gasteiger partial charge in [-0.25, -0.2) is 0 Å². The standard InChI is InChI=1S/C12H23NO2/c1-9-5-6-13-10(7-9)8-11(14)12(2,3)15-4/h9-10,13H,5-8H2,1-4H3. The van der Waals surface area contributed by atoms with Crippen molar-refractivity contribution in [3.8, 4) is 0 Å². The molecule has 2 unspecified atom stereocenters. The summed E-state index contributed by atoms with van der Waals surface area (Å²) in [6.45, 7) is 6.95. The third-order valence-electron chi connectivity index (χ3n) is 3.37. The summed E-state index contributed by atoms with van der Waals surface area (Å²) >= 11 is 0. The number of piperidine rings is 1.